The van der Waals surface area contributed by atoms with Gasteiger partial charge in [0.1, 0.15) is 5.01 Å². The molecular weight excluding hydrogens is 308 g/mol. The van der Waals surface area contributed by atoms with Crippen molar-refractivity contribution in [1.29, 1.82) is 0 Å². The van der Waals surface area contributed by atoms with Crippen molar-refractivity contribution < 1.29 is 9.90 Å². The minimum atomic E-state index is -0.883. The summed E-state index contributed by atoms with van der Waals surface area (Å²) in [5, 5.41) is 13.5. The summed E-state index contributed by atoms with van der Waals surface area (Å²) in [5.41, 5.74) is 3.83. The number of hydrogen-bond acceptors (Lipinski definition) is 3. The van der Waals surface area contributed by atoms with Gasteiger partial charge >= 0.3 is 5.97 Å². The van der Waals surface area contributed by atoms with E-state index in [2.05, 4.69) is 9.55 Å². The maximum absolute atomic E-state index is 11.3. The van der Waals surface area contributed by atoms with E-state index in [1.807, 2.05) is 24.7 Å². The molecule has 23 heavy (non-hydrogen) atoms. The molecule has 1 aromatic carbocycles. The van der Waals surface area contributed by atoms with E-state index in [9.17, 15) is 9.90 Å². The van der Waals surface area contributed by atoms with Crippen LogP contribution in [0, 0.1) is 0 Å². The highest BCUT2D eigenvalue weighted by molar-refractivity contribution is 7.13. The van der Waals surface area contributed by atoms with Crippen molar-refractivity contribution in [1.82, 2.24) is 9.55 Å². The van der Waals surface area contributed by atoms with E-state index < -0.39 is 5.97 Å². The molecule has 0 aliphatic heterocycles. The molecule has 118 valence electrons. The van der Waals surface area contributed by atoms with Gasteiger partial charge in [-0.3, -0.25) is 0 Å². The fourth-order valence-electron chi connectivity index (χ4n) is 3.83. The van der Waals surface area contributed by atoms with Crippen LogP contribution in [0.25, 0.3) is 21.6 Å². The van der Waals surface area contributed by atoms with Gasteiger partial charge < -0.3 is 9.67 Å². The standard InChI is InChI=1S/C18H18N2O2S/c1-20-14-10-12(18(21)22)6-7-13(14)15(11-4-2-3-5-11)16(20)17-19-8-9-23-17/h6-11H,2-5H2,1H3,(H,21,22). The van der Waals surface area contributed by atoms with Gasteiger partial charge in [-0.05, 0) is 36.5 Å². The van der Waals surface area contributed by atoms with Crippen molar-refractivity contribution in [2.45, 2.75) is 31.6 Å². The number of hydrogen-bond donors (Lipinski definition) is 1. The van der Waals surface area contributed by atoms with Crippen LogP contribution in [0.3, 0.4) is 0 Å². The van der Waals surface area contributed by atoms with Gasteiger partial charge in [0.2, 0.25) is 0 Å². The summed E-state index contributed by atoms with van der Waals surface area (Å²) in [6, 6.07) is 5.48. The van der Waals surface area contributed by atoms with Gasteiger partial charge in [-0.15, -0.1) is 11.3 Å². The van der Waals surface area contributed by atoms with Crippen LogP contribution >= 0.6 is 11.3 Å². The van der Waals surface area contributed by atoms with E-state index in [0.717, 1.165) is 16.2 Å². The van der Waals surface area contributed by atoms with Crippen LogP contribution in [-0.4, -0.2) is 20.6 Å². The number of benzene rings is 1. The maximum atomic E-state index is 11.3. The van der Waals surface area contributed by atoms with Crippen LogP contribution in [0.1, 0.15) is 47.5 Å². The summed E-state index contributed by atoms with van der Waals surface area (Å²) >= 11 is 1.64. The SMILES string of the molecule is Cn1c(-c2nccs2)c(C2CCCC2)c2ccc(C(=O)O)cc21. The van der Waals surface area contributed by atoms with Crippen LogP contribution in [0.15, 0.2) is 29.8 Å². The van der Waals surface area contributed by atoms with Gasteiger partial charge in [0.15, 0.2) is 0 Å². The number of rotatable bonds is 3. The van der Waals surface area contributed by atoms with Crippen LogP contribution in [-0.2, 0) is 7.05 Å². The second kappa shape index (κ2) is 5.49. The maximum Gasteiger partial charge on any atom is 0.335 e. The molecule has 2 aromatic heterocycles. The Morgan fingerprint density at radius 3 is 2.78 bits per heavy atom. The summed E-state index contributed by atoms with van der Waals surface area (Å²) in [6.45, 7) is 0. The monoisotopic (exact) mass is 326 g/mol. The zero-order valence-electron chi connectivity index (χ0n) is 13.0. The third kappa shape index (κ3) is 2.27. The Bertz CT molecular complexity index is 874. The molecule has 0 radical (unpaired) electrons. The quantitative estimate of drug-likeness (QED) is 0.761. The molecule has 1 saturated carbocycles. The number of carboxylic acid groups (broad SMARTS) is 1. The highest BCUT2D eigenvalue weighted by Crippen LogP contribution is 2.44. The van der Waals surface area contributed by atoms with Gasteiger partial charge in [0, 0.05) is 29.5 Å². The summed E-state index contributed by atoms with van der Waals surface area (Å²) in [6.07, 6.45) is 6.78. The molecule has 5 heteroatoms. The van der Waals surface area contributed by atoms with Crippen molar-refractivity contribution in [2.24, 2.45) is 7.05 Å². The molecule has 4 nitrogen and oxygen atoms in total. The number of fused-ring (bicyclic) bond motifs is 1. The summed E-state index contributed by atoms with van der Waals surface area (Å²) in [7, 11) is 2.02. The molecule has 2 heterocycles. The largest absolute Gasteiger partial charge is 0.478 e. The predicted molar refractivity (Wildman–Crippen MR) is 92.2 cm³/mol. The smallest absolute Gasteiger partial charge is 0.335 e. The number of thiazole rings is 1. The molecule has 1 aliphatic rings. The second-order valence-corrected chi connectivity index (χ2v) is 7.07. The number of aromatic carboxylic acids is 1. The van der Waals surface area contributed by atoms with Gasteiger partial charge in [-0.1, -0.05) is 18.9 Å². The molecule has 0 bridgehead atoms. The minimum Gasteiger partial charge on any atom is -0.478 e. The number of nitrogens with zero attached hydrogens (tertiary/aromatic N) is 2. The molecule has 1 N–H and O–H groups in total. The molecule has 0 atom stereocenters. The summed E-state index contributed by atoms with van der Waals surface area (Å²) < 4.78 is 2.12. The van der Waals surface area contributed by atoms with Gasteiger partial charge in [-0.25, -0.2) is 9.78 Å². The Balaban J connectivity index is 2.03. The Hall–Kier alpha value is -2.14. The van der Waals surface area contributed by atoms with E-state index in [-0.39, 0.29) is 0 Å². The van der Waals surface area contributed by atoms with Crippen LogP contribution in [0.5, 0.6) is 0 Å². The molecule has 0 saturated heterocycles. The Labute approximate surface area is 138 Å². The molecule has 0 amide bonds. The van der Waals surface area contributed by atoms with Crippen molar-refractivity contribution in [3.8, 4) is 10.7 Å². The lowest BCUT2D eigenvalue weighted by molar-refractivity contribution is 0.0697. The average Bonchev–Trinajstić information content (AvgIpc) is 3.26. The lowest BCUT2D eigenvalue weighted by atomic mass is 9.94. The van der Waals surface area contributed by atoms with E-state index in [4.69, 9.17) is 0 Å². The Morgan fingerprint density at radius 2 is 2.13 bits per heavy atom. The fraction of sp³-hybridized carbons (Fsp3) is 0.333. The average molecular weight is 326 g/mol. The molecule has 1 fully saturated rings. The Kier molecular flexibility index (Phi) is 3.45. The normalized spacial score (nSPS) is 15.5. The number of carbonyl (C=O) groups is 1. The molecule has 1 aliphatic carbocycles. The summed E-state index contributed by atoms with van der Waals surface area (Å²) in [4.78, 5) is 15.8. The number of carboxylic acids is 1. The molecular formula is C18H18N2O2S. The van der Waals surface area contributed by atoms with Crippen molar-refractivity contribution in [3.63, 3.8) is 0 Å². The van der Waals surface area contributed by atoms with E-state index in [1.54, 1.807) is 23.5 Å². The highest BCUT2D eigenvalue weighted by Gasteiger charge is 2.27. The predicted octanol–water partition coefficient (Wildman–Crippen LogP) is 4.66. The first-order valence-corrected chi connectivity index (χ1v) is 8.80. The third-order valence-electron chi connectivity index (χ3n) is 4.89. The highest BCUT2D eigenvalue weighted by atomic mass is 32.1. The van der Waals surface area contributed by atoms with Gasteiger partial charge in [-0.2, -0.15) is 0 Å². The van der Waals surface area contributed by atoms with Crippen LogP contribution in [0.2, 0.25) is 0 Å². The van der Waals surface area contributed by atoms with Crippen LogP contribution in [0.4, 0.5) is 0 Å². The van der Waals surface area contributed by atoms with Gasteiger partial charge in [0.25, 0.3) is 0 Å². The minimum absolute atomic E-state index is 0.335. The van der Waals surface area contributed by atoms with Crippen molar-refractivity contribution in [2.75, 3.05) is 0 Å². The van der Waals surface area contributed by atoms with E-state index in [1.165, 1.54) is 36.6 Å². The van der Waals surface area contributed by atoms with Crippen LogP contribution < -0.4 is 0 Å². The third-order valence-corrected chi connectivity index (χ3v) is 5.66. The first-order chi connectivity index (χ1) is 11.2. The second-order valence-electron chi connectivity index (χ2n) is 6.18. The molecule has 3 aromatic rings. The zero-order chi connectivity index (χ0) is 16.0. The van der Waals surface area contributed by atoms with E-state index in [0.29, 0.717) is 11.5 Å². The number of aryl methyl sites for hydroxylation is 1. The molecule has 0 spiro atoms. The van der Waals surface area contributed by atoms with E-state index >= 15 is 0 Å². The first kappa shape index (κ1) is 14.5. The first-order valence-electron chi connectivity index (χ1n) is 7.92. The Morgan fingerprint density at radius 1 is 1.35 bits per heavy atom. The molecule has 0 unspecified atom stereocenters. The zero-order valence-corrected chi connectivity index (χ0v) is 13.8. The lowest BCUT2D eigenvalue weighted by Crippen LogP contribution is -1.97. The van der Waals surface area contributed by atoms with Crippen molar-refractivity contribution in [3.05, 3.63) is 40.9 Å². The fourth-order valence-corrected chi connectivity index (χ4v) is 4.56. The molecule has 4 rings (SSSR count). The lowest BCUT2D eigenvalue weighted by Gasteiger charge is -2.11. The topological polar surface area (TPSA) is 55.1 Å². The van der Waals surface area contributed by atoms with Gasteiger partial charge in [0.05, 0.1) is 11.3 Å². The summed E-state index contributed by atoms with van der Waals surface area (Å²) in [5.74, 6) is -0.334. The number of aromatic nitrogens is 2. The van der Waals surface area contributed by atoms with Crippen molar-refractivity contribution >= 4 is 28.2 Å².